The van der Waals surface area contributed by atoms with Crippen molar-refractivity contribution >= 4 is 5.71 Å². The average Bonchev–Trinajstić information content (AvgIpc) is 2.47. The molecule has 0 rings (SSSR count). The van der Waals surface area contributed by atoms with E-state index in [1.54, 1.807) is 14.2 Å². The molecule has 0 aliphatic heterocycles. The fraction of sp³-hybridized carbons (Fsp3) is 0.944. The molecule has 0 aromatic carbocycles. The predicted molar refractivity (Wildman–Crippen MR) is 92.2 cm³/mol. The van der Waals surface area contributed by atoms with Gasteiger partial charge in [0.1, 0.15) is 0 Å². The number of unbranched alkanes of at least 4 members (excludes halogenated alkanes) is 8. The molecule has 0 unspecified atom stereocenters. The summed E-state index contributed by atoms with van der Waals surface area (Å²) in [5.41, 5.74) is 1.20. The van der Waals surface area contributed by atoms with Gasteiger partial charge in [-0.2, -0.15) is 0 Å². The topological polar surface area (TPSA) is 30.8 Å². The third kappa shape index (κ3) is 13.0. The Hall–Kier alpha value is -0.410. The number of rotatable bonds is 14. The Morgan fingerprint density at radius 1 is 0.762 bits per heavy atom. The van der Waals surface area contributed by atoms with Crippen LogP contribution in [0.2, 0.25) is 0 Å². The van der Waals surface area contributed by atoms with Crippen LogP contribution in [0.25, 0.3) is 0 Å². The van der Waals surface area contributed by atoms with E-state index in [9.17, 15) is 0 Å². The molecule has 0 aliphatic carbocycles. The van der Waals surface area contributed by atoms with Gasteiger partial charge in [-0.25, -0.2) is 0 Å². The zero-order chi connectivity index (χ0) is 16.0. The predicted octanol–water partition coefficient (Wildman–Crippen LogP) is 5.38. The van der Waals surface area contributed by atoms with E-state index in [2.05, 4.69) is 18.8 Å². The molecule has 3 nitrogen and oxygen atoms in total. The van der Waals surface area contributed by atoms with Crippen LogP contribution in [-0.4, -0.2) is 32.3 Å². The summed E-state index contributed by atoms with van der Waals surface area (Å²) in [4.78, 5) is 4.42. The molecule has 21 heavy (non-hydrogen) atoms. The van der Waals surface area contributed by atoms with Crippen LogP contribution < -0.4 is 0 Å². The molecule has 0 aromatic heterocycles. The highest BCUT2D eigenvalue weighted by Crippen LogP contribution is 2.20. The summed E-state index contributed by atoms with van der Waals surface area (Å²) in [6.07, 6.45) is 12.9. The highest BCUT2D eigenvalue weighted by molar-refractivity contribution is 5.78. The molecule has 0 heterocycles. The Kier molecular flexibility index (Phi) is 13.0. The summed E-state index contributed by atoms with van der Waals surface area (Å²) in [5, 5.41) is 0. The van der Waals surface area contributed by atoms with E-state index in [-0.39, 0.29) is 5.79 Å². The zero-order valence-electron chi connectivity index (χ0n) is 15.0. The summed E-state index contributed by atoms with van der Waals surface area (Å²) in [6.45, 7) is 7.17. The maximum absolute atomic E-state index is 5.36. The van der Waals surface area contributed by atoms with Crippen molar-refractivity contribution < 1.29 is 9.47 Å². The van der Waals surface area contributed by atoms with Crippen molar-refractivity contribution in [3.05, 3.63) is 0 Å². The largest absolute Gasteiger partial charge is 0.353 e. The molecule has 0 spiro atoms. The van der Waals surface area contributed by atoms with Gasteiger partial charge in [-0.3, -0.25) is 4.99 Å². The third-order valence-electron chi connectivity index (χ3n) is 4.08. The maximum Gasteiger partial charge on any atom is 0.164 e. The molecule has 0 fully saturated rings. The van der Waals surface area contributed by atoms with Crippen molar-refractivity contribution in [1.82, 2.24) is 0 Å². The molecule has 126 valence electrons. The van der Waals surface area contributed by atoms with Crippen LogP contribution in [0.3, 0.4) is 0 Å². The minimum atomic E-state index is -0.390. The molecular formula is C18H37NO2. The van der Waals surface area contributed by atoms with Crippen LogP contribution in [0.5, 0.6) is 0 Å². The van der Waals surface area contributed by atoms with Crippen LogP contribution in [0.15, 0.2) is 4.99 Å². The van der Waals surface area contributed by atoms with Crippen LogP contribution in [0.1, 0.15) is 85.0 Å². The van der Waals surface area contributed by atoms with E-state index in [1.807, 2.05) is 6.92 Å². The van der Waals surface area contributed by atoms with E-state index in [4.69, 9.17) is 9.47 Å². The van der Waals surface area contributed by atoms with Crippen LogP contribution in [0, 0.1) is 0 Å². The smallest absolute Gasteiger partial charge is 0.164 e. The third-order valence-corrected chi connectivity index (χ3v) is 4.08. The lowest BCUT2D eigenvalue weighted by Gasteiger charge is -2.26. The SMILES string of the molecule is COC(C)(CCCCCCCCCCCN=C(C)C)OC. The van der Waals surface area contributed by atoms with Gasteiger partial charge in [-0.05, 0) is 33.6 Å². The quantitative estimate of drug-likeness (QED) is 0.245. The first-order valence-electron chi connectivity index (χ1n) is 8.62. The Morgan fingerprint density at radius 3 is 1.62 bits per heavy atom. The molecule has 0 saturated heterocycles. The van der Waals surface area contributed by atoms with Gasteiger partial charge in [0.15, 0.2) is 5.79 Å². The van der Waals surface area contributed by atoms with Crippen molar-refractivity contribution in [2.24, 2.45) is 4.99 Å². The lowest BCUT2D eigenvalue weighted by Crippen LogP contribution is -2.29. The number of aliphatic imine (C=N–C) groups is 1. The standard InChI is InChI=1S/C18H37NO2/c1-17(2)19-16-14-12-10-8-6-7-9-11-13-15-18(3,20-4)21-5/h6-16H2,1-5H3. The van der Waals surface area contributed by atoms with Crippen molar-refractivity contribution in [1.29, 1.82) is 0 Å². The summed E-state index contributed by atoms with van der Waals surface area (Å²) in [6, 6.07) is 0. The second kappa shape index (κ2) is 13.3. The second-order valence-corrected chi connectivity index (χ2v) is 6.30. The first-order chi connectivity index (χ1) is 10.0. The van der Waals surface area contributed by atoms with Crippen molar-refractivity contribution in [3.63, 3.8) is 0 Å². The number of hydrogen-bond donors (Lipinski definition) is 0. The number of nitrogens with zero attached hydrogens (tertiary/aromatic N) is 1. The molecule has 0 atom stereocenters. The van der Waals surface area contributed by atoms with E-state index in [1.165, 1.54) is 63.5 Å². The highest BCUT2D eigenvalue weighted by Gasteiger charge is 2.21. The first-order valence-corrected chi connectivity index (χ1v) is 8.62. The molecule has 0 saturated carbocycles. The fourth-order valence-corrected chi connectivity index (χ4v) is 2.39. The first kappa shape index (κ1) is 20.6. The van der Waals surface area contributed by atoms with E-state index < -0.39 is 0 Å². The van der Waals surface area contributed by atoms with Gasteiger partial charge in [0.2, 0.25) is 0 Å². The summed E-state index contributed by atoms with van der Waals surface area (Å²) in [7, 11) is 3.44. The Morgan fingerprint density at radius 2 is 1.19 bits per heavy atom. The molecule has 3 heteroatoms. The number of methoxy groups -OCH3 is 2. The lowest BCUT2D eigenvalue weighted by atomic mass is 10.0. The average molecular weight is 299 g/mol. The lowest BCUT2D eigenvalue weighted by molar-refractivity contribution is -0.197. The Labute approximate surface area is 132 Å². The van der Waals surface area contributed by atoms with Gasteiger partial charge in [0.25, 0.3) is 0 Å². The van der Waals surface area contributed by atoms with Crippen LogP contribution in [0.4, 0.5) is 0 Å². The summed E-state index contributed by atoms with van der Waals surface area (Å²) < 4.78 is 10.7. The van der Waals surface area contributed by atoms with E-state index in [0.717, 1.165) is 13.0 Å². The van der Waals surface area contributed by atoms with Gasteiger partial charge < -0.3 is 9.47 Å². The van der Waals surface area contributed by atoms with Gasteiger partial charge in [0, 0.05) is 32.9 Å². The van der Waals surface area contributed by atoms with E-state index >= 15 is 0 Å². The molecular weight excluding hydrogens is 262 g/mol. The summed E-state index contributed by atoms with van der Waals surface area (Å²) in [5.74, 6) is -0.390. The molecule has 0 amide bonds. The van der Waals surface area contributed by atoms with Crippen molar-refractivity contribution in [3.8, 4) is 0 Å². The van der Waals surface area contributed by atoms with Gasteiger partial charge in [0.05, 0.1) is 0 Å². The van der Waals surface area contributed by atoms with Crippen LogP contribution >= 0.6 is 0 Å². The zero-order valence-corrected chi connectivity index (χ0v) is 15.0. The Bertz CT molecular complexity index is 256. The minimum absolute atomic E-state index is 0.390. The normalized spacial score (nSPS) is 11.7. The van der Waals surface area contributed by atoms with Gasteiger partial charge in [-0.15, -0.1) is 0 Å². The monoisotopic (exact) mass is 299 g/mol. The fourth-order valence-electron chi connectivity index (χ4n) is 2.39. The van der Waals surface area contributed by atoms with Crippen LogP contribution in [-0.2, 0) is 9.47 Å². The molecule has 0 aromatic rings. The summed E-state index contributed by atoms with van der Waals surface area (Å²) >= 11 is 0. The van der Waals surface area contributed by atoms with E-state index in [0.29, 0.717) is 0 Å². The molecule has 0 N–H and O–H groups in total. The van der Waals surface area contributed by atoms with Crippen molar-refractivity contribution in [2.75, 3.05) is 20.8 Å². The molecule has 0 radical (unpaired) electrons. The molecule has 0 bridgehead atoms. The minimum Gasteiger partial charge on any atom is -0.353 e. The highest BCUT2D eigenvalue weighted by atomic mass is 16.7. The molecule has 0 aliphatic rings. The van der Waals surface area contributed by atoms with Gasteiger partial charge >= 0.3 is 0 Å². The van der Waals surface area contributed by atoms with Crippen molar-refractivity contribution in [2.45, 2.75) is 90.8 Å². The Balaban J connectivity index is 3.25. The maximum atomic E-state index is 5.36. The number of hydrogen-bond acceptors (Lipinski definition) is 3. The van der Waals surface area contributed by atoms with Gasteiger partial charge in [-0.1, -0.05) is 44.9 Å². The number of ether oxygens (including phenoxy) is 2. The second-order valence-electron chi connectivity index (χ2n) is 6.30.